The van der Waals surface area contributed by atoms with Crippen molar-refractivity contribution in [1.29, 1.82) is 0 Å². The highest BCUT2D eigenvalue weighted by Gasteiger charge is 2.46. The van der Waals surface area contributed by atoms with Crippen LogP contribution >= 0.6 is 0 Å². The predicted octanol–water partition coefficient (Wildman–Crippen LogP) is 4.81. The molecule has 0 spiro atoms. The second-order valence-corrected chi connectivity index (χ2v) is 10.5. The number of halogens is 6. The summed E-state index contributed by atoms with van der Waals surface area (Å²) in [6, 6.07) is 6.07. The van der Waals surface area contributed by atoms with Crippen LogP contribution in [0.15, 0.2) is 24.3 Å². The fraction of sp³-hybridized carbons (Fsp3) is 0.577. The van der Waals surface area contributed by atoms with Crippen LogP contribution in [0.5, 0.6) is 11.8 Å². The van der Waals surface area contributed by atoms with Crippen LogP contribution < -0.4 is 19.3 Å². The number of carbonyl (C=O) groups excluding carboxylic acids is 1. The molecule has 2 saturated heterocycles. The summed E-state index contributed by atoms with van der Waals surface area (Å²) in [5.41, 5.74) is -0.0548. The molecular weight excluding hydrogens is 562 g/mol. The van der Waals surface area contributed by atoms with Gasteiger partial charge in [-0.15, -0.1) is 26.3 Å². The SMILES string of the molecule is COC(=O)c1ccc(N2CC3CC3C2)nc1OC(F)(F)F.COCc1ccc(N2CC3CC3C2)nc1OC(F)(F)F. The summed E-state index contributed by atoms with van der Waals surface area (Å²) in [5.74, 6) is 1.40. The van der Waals surface area contributed by atoms with Crippen molar-refractivity contribution in [3.8, 4) is 11.8 Å². The number of piperidine rings is 2. The number of carbonyl (C=O) groups is 1. The van der Waals surface area contributed by atoms with Gasteiger partial charge in [0.15, 0.2) is 0 Å². The number of aromatic nitrogens is 2. The third kappa shape index (κ3) is 7.24. The lowest BCUT2D eigenvalue weighted by atomic mass is 10.2. The number of hydrogen-bond acceptors (Lipinski definition) is 9. The van der Waals surface area contributed by atoms with Crippen LogP contribution in [-0.4, -0.2) is 69.1 Å². The van der Waals surface area contributed by atoms with E-state index in [1.54, 1.807) is 12.1 Å². The lowest BCUT2D eigenvalue weighted by Crippen LogP contribution is -2.25. The molecule has 6 rings (SSSR count). The maximum Gasteiger partial charge on any atom is 0.574 e. The molecule has 2 aromatic rings. The molecule has 0 amide bonds. The van der Waals surface area contributed by atoms with Crippen molar-refractivity contribution in [1.82, 2.24) is 9.97 Å². The minimum atomic E-state index is -4.92. The Morgan fingerprint density at radius 2 is 1.24 bits per heavy atom. The maximum atomic E-state index is 12.4. The summed E-state index contributed by atoms with van der Waals surface area (Å²) in [7, 11) is 2.50. The van der Waals surface area contributed by atoms with Gasteiger partial charge in [0.1, 0.15) is 17.2 Å². The molecule has 9 nitrogen and oxygen atoms in total. The molecule has 0 bridgehead atoms. The number of fused-ring (bicyclic) bond motifs is 2. The summed E-state index contributed by atoms with van der Waals surface area (Å²) in [6.07, 6.45) is -7.27. The Hall–Kier alpha value is -3.49. The van der Waals surface area contributed by atoms with Crippen molar-refractivity contribution in [2.75, 3.05) is 50.2 Å². The molecule has 4 atom stereocenters. The minimum Gasteiger partial charge on any atom is -0.465 e. The Kier molecular flexibility index (Phi) is 7.83. The molecule has 0 radical (unpaired) electrons. The zero-order valence-corrected chi connectivity index (χ0v) is 22.2. The maximum absolute atomic E-state index is 12.4. The molecule has 0 N–H and O–H groups in total. The van der Waals surface area contributed by atoms with Gasteiger partial charge in [0, 0.05) is 38.9 Å². The fourth-order valence-corrected chi connectivity index (χ4v) is 5.33. The molecule has 4 unspecified atom stereocenters. The molecule has 224 valence electrons. The average molecular weight is 591 g/mol. The second kappa shape index (κ2) is 11.1. The Balaban J connectivity index is 0.000000165. The van der Waals surface area contributed by atoms with Gasteiger partial charge in [-0.3, -0.25) is 0 Å². The van der Waals surface area contributed by atoms with E-state index in [0.717, 1.165) is 33.3 Å². The molecule has 4 heterocycles. The number of hydrogen-bond donors (Lipinski definition) is 0. The van der Waals surface area contributed by atoms with Gasteiger partial charge in [-0.25, -0.2) is 4.79 Å². The highest BCUT2D eigenvalue weighted by molar-refractivity contribution is 5.92. The molecule has 0 aromatic carbocycles. The first-order chi connectivity index (χ1) is 19.3. The Morgan fingerprint density at radius 3 is 1.71 bits per heavy atom. The van der Waals surface area contributed by atoms with Gasteiger partial charge in [-0.2, -0.15) is 9.97 Å². The number of esters is 1. The quantitative estimate of drug-likeness (QED) is 0.333. The number of nitrogens with zero attached hydrogens (tertiary/aromatic N) is 4. The van der Waals surface area contributed by atoms with E-state index in [1.165, 1.54) is 32.1 Å². The number of rotatable bonds is 7. The van der Waals surface area contributed by atoms with Crippen LogP contribution in [0.3, 0.4) is 0 Å². The molecule has 2 aliphatic carbocycles. The van der Waals surface area contributed by atoms with Crippen LogP contribution in [0.2, 0.25) is 0 Å². The summed E-state index contributed by atoms with van der Waals surface area (Å²) in [5, 5.41) is 0. The van der Waals surface area contributed by atoms with Crippen LogP contribution in [0.25, 0.3) is 0 Å². The number of alkyl halides is 6. The zero-order chi connectivity index (χ0) is 29.5. The van der Waals surface area contributed by atoms with Crippen LogP contribution in [0.4, 0.5) is 38.0 Å². The van der Waals surface area contributed by atoms with E-state index in [2.05, 4.69) is 24.2 Å². The van der Waals surface area contributed by atoms with Crippen molar-refractivity contribution in [2.45, 2.75) is 32.2 Å². The fourth-order valence-electron chi connectivity index (χ4n) is 5.33. The zero-order valence-electron chi connectivity index (χ0n) is 22.2. The lowest BCUT2D eigenvalue weighted by molar-refractivity contribution is -0.277. The highest BCUT2D eigenvalue weighted by atomic mass is 19.4. The third-order valence-electron chi connectivity index (χ3n) is 7.51. The number of anilines is 2. The van der Waals surface area contributed by atoms with Gasteiger partial charge >= 0.3 is 18.7 Å². The number of ether oxygens (including phenoxy) is 4. The van der Waals surface area contributed by atoms with Crippen molar-refractivity contribution in [3.05, 3.63) is 35.4 Å². The summed E-state index contributed by atoms with van der Waals surface area (Å²) < 4.78 is 91.8. The molecule has 2 aromatic heterocycles. The van der Waals surface area contributed by atoms with Crippen molar-refractivity contribution < 1.29 is 50.1 Å². The molecule has 4 fully saturated rings. The molecule has 4 aliphatic rings. The molecular formula is C26H28F6N4O5. The average Bonchev–Trinajstić information content (AvgIpc) is 3.73. The first-order valence-electron chi connectivity index (χ1n) is 12.9. The third-order valence-corrected chi connectivity index (χ3v) is 7.51. The Morgan fingerprint density at radius 1 is 0.780 bits per heavy atom. The minimum absolute atomic E-state index is 0.0317. The van der Waals surface area contributed by atoms with Crippen LogP contribution in [0.1, 0.15) is 28.8 Å². The molecule has 2 saturated carbocycles. The first kappa shape index (κ1) is 29.0. The van der Waals surface area contributed by atoms with Gasteiger partial charge in [0.2, 0.25) is 11.8 Å². The van der Waals surface area contributed by atoms with Gasteiger partial charge in [-0.05, 0) is 60.8 Å². The topological polar surface area (TPSA) is 86.2 Å². The van der Waals surface area contributed by atoms with E-state index in [4.69, 9.17) is 4.74 Å². The van der Waals surface area contributed by atoms with E-state index in [-0.39, 0.29) is 17.7 Å². The second-order valence-electron chi connectivity index (χ2n) is 10.5. The van der Waals surface area contributed by atoms with Gasteiger partial charge in [-0.1, -0.05) is 0 Å². The summed E-state index contributed by atoms with van der Waals surface area (Å²) >= 11 is 0. The van der Waals surface area contributed by atoms with Gasteiger partial charge in [0.05, 0.1) is 13.7 Å². The smallest absolute Gasteiger partial charge is 0.465 e. The summed E-state index contributed by atoms with van der Waals surface area (Å²) in [6.45, 7) is 3.32. The summed E-state index contributed by atoms with van der Waals surface area (Å²) in [4.78, 5) is 23.3. The molecule has 41 heavy (non-hydrogen) atoms. The van der Waals surface area contributed by atoms with Crippen molar-refractivity contribution in [2.24, 2.45) is 23.7 Å². The number of pyridine rings is 2. The van der Waals surface area contributed by atoms with Crippen molar-refractivity contribution in [3.63, 3.8) is 0 Å². The van der Waals surface area contributed by atoms with E-state index in [9.17, 15) is 31.1 Å². The Bertz CT molecular complexity index is 1260. The van der Waals surface area contributed by atoms with E-state index in [1.807, 2.05) is 9.80 Å². The predicted molar refractivity (Wildman–Crippen MR) is 132 cm³/mol. The molecule has 15 heteroatoms. The standard InChI is InChI=1S/C13H13F3N2O3.C13H15F3N2O2/c1-20-12(19)9-2-3-10(17-11(9)21-13(14,15)16)18-5-7-4-8(7)6-18;1-19-7-8-2-3-11(17-12(8)20-13(14,15)16)18-5-9-4-10(9)6-18/h2-3,7-8H,4-6H2,1H3;2-3,9-10H,4-7H2,1H3. The number of methoxy groups -OCH3 is 2. The monoisotopic (exact) mass is 590 g/mol. The molecule has 2 aliphatic heterocycles. The van der Waals surface area contributed by atoms with Gasteiger partial charge < -0.3 is 28.7 Å². The Labute approximate surface area is 231 Å². The van der Waals surface area contributed by atoms with Gasteiger partial charge in [0.25, 0.3) is 0 Å². The largest absolute Gasteiger partial charge is 0.574 e. The first-order valence-corrected chi connectivity index (χ1v) is 12.9. The highest BCUT2D eigenvalue weighted by Crippen LogP contribution is 2.47. The normalized spacial score (nSPS) is 24.2. The van der Waals surface area contributed by atoms with Crippen LogP contribution in [-0.2, 0) is 16.1 Å². The van der Waals surface area contributed by atoms with Crippen LogP contribution in [0, 0.1) is 23.7 Å². The lowest BCUT2D eigenvalue weighted by Gasteiger charge is -2.21. The van der Waals surface area contributed by atoms with E-state index < -0.39 is 30.5 Å². The van der Waals surface area contributed by atoms with E-state index in [0.29, 0.717) is 35.3 Å². The van der Waals surface area contributed by atoms with Crippen molar-refractivity contribution >= 4 is 17.6 Å². The van der Waals surface area contributed by atoms with E-state index >= 15 is 0 Å².